The maximum atomic E-state index is 11.2. The summed E-state index contributed by atoms with van der Waals surface area (Å²) in [6.45, 7) is 0. The lowest BCUT2D eigenvalue weighted by Crippen LogP contribution is -2.50. The molecule has 8 nitrogen and oxygen atoms in total. The van der Waals surface area contributed by atoms with Crippen LogP contribution in [-0.4, -0.2) is 38.9 Å². The van der Waals surface area contributed by atoms with Crippen LogP contribution in [0.5, 0.6) is 0 Å². The smallest absolute Gasteiger partial charge is 0.397 e. The molecule has 1 heterocycles. The standard InChI is InChI=1S/C9H11NO7/c11-6-4-5-7(12)10(6,16)17-9(15)3-1-2-8(13)14/h16H,1-5H2/p+1. The lowest BCUT2D eigenvalue weighted by atomic mass is 10.2. The van der Waals surface area contributed by atoms with Crippen molar-refractivity contribution in [2.75, 3.05) is 0 Å². The largest absolute Gasteiger partial charge is 0.481 e. The van der Waals surface area contributed by atoms with Gasteiger partial charge in [0.25, 0.3) is 0 Å². The van der Waals surface area contributed by atoms with Crippen LogP contribution in [0.4, 0.5) is 0 Å². The maximum Gasteiger partial charge on any atom is 0.397 e. The molecule has 0 radical (unpaired) electrons. The van der Waals surface area contributed by atoms with Crippen molar-refractivity contribution < 1.29 is 39.1 Å². The van der Waals surface area contributed by atoms with Crippen LogP contribution >= 0.6 is 0 Å². The van der Waals surface area contributed by atoms with Crippen LogP contribution < -0.4 is 0 Å². The Morgan fingerprint density at radius 1 is 1.18 bits per heavy atom. The van der Waals surface area contributed by atoms with E-state index in [2.05, 4.69) is 4.84 Å². The Bertz CT molecular complexity index is 360. The van der Waals surface area contributed by atoms with Gasteiger partial charge in [0.1, 0.15) is 4.81 Å². The number of carboxylic acid groups (broad SMARTS) is 1. The zero-order valence-electron chi connectivity index (χ0n) is 8.92. The average molecular weight is 246 g/mol. The van der Waals surface area contributed by atoms with Gasteiger partial charge in [0.15, 0.2) is 0 Å². The van der Waals surface area contributed by atoms with Crippen molar-refractivity contribution in [1.29, 1.82) is 0 Å². The second-order valence-electron chi connectivity index (χ2n) is 3.57. The SMILES string of the molecule is O=C(O)CCCC(=O)O[N+]1(O)C(=O)CCC1=O. The summed E-state index contributed by atoms with van der Waals surface area (Å²) in [5.74, 6) is -3.86. The first-order valence-corrected chi connectivity index (χ1v) is 4.99. The molecule has 0 aliphatic carbocycles. The minimum absolute atomic E-state index is 0.0105. The van der Waals surface area contributed by atoms with Crippen LogP contribution in [0.15, 0.2) is 0 Å². The Kier molecular flexibility index (Phi) is 3.92. The van der Waals surface area contributed by atoms with Gasteiger partial charge in [-0.2, -0.15) is 5.21 Å². The first kappa shape index (κ1) is 13.3. The molecule has 94 valence electrons. The topological polar surface area (TPSA) is 118 Å². The molecule has 0 atom stereocenters. The molecule has 0 aromatic heterocycles. The van der Waals surface area contributed by atoms with Crippen molar-refractivity contribution in [1.82, 2.24) is 0 Å². The molecule has 0 aromatic rings. The lowest BCUT2D eigenvalue weighted by molar-refractivity contribution is -1.12. The van der Waals surface area contributed by atoms with E-state index >= 15 is 0 Å². The summed E-state index contributed by atoms with van der Waals surface area (Å²) >= 11 is 0. The van der Waals surface area contributed by atoms with Crippen molar-refractivity contribution >= 4 is 23.8 Å². The van der Waals surface area contributed by atoms with Crippen molar-refractivity contribution in [3.63, 3.8) is 0 Å². The predicted octanol–water partition coefficient (Wildman–Crippen LogP) is -0.247. The van der Waals surface area contributed by atoms with E-state index in [-0.39, 0.29) is 32.1 Å². The zero-order chi connectivity index (χ0) is 13.1. The Morgan fingerprint density at radius 2 is 1.71 bits per heavy atom. The molecule has 0 aromatic carbocycles. The molecule has 1 aliphatic rings. The second-order valence-corrected chi connectivity index (χ2v) is 3.57. The normalized spacial score (nSPS) is 18.2. The van der Waals surface area contributed by atoms with Gasteiger partial charge in [-0.1, -0.05) is 0 Å². The molecule has 0 unspecified atom stereocenters. The molecular formula is C9H12NO7+. The Morgan fingerprint density at radius 3 is 2.18 bits per heavy atom. The molecule has 1 saturated heterocycles. The summed E-state index contributed by atoms with van der Waals surface area (Å²) < 4.78 is 0. The van der Waals surface area contributed by atoms with Gasteiger partial charge in [-0.05, 0) is 6.42 Å². The number of rotatable bonds is 5. The molecule has 1 rings (SSSR count). The molecule has 2 N–H and O–H groups in total. The molecule has 8 heteroatoms. The van der Waals surface area contributed by atoms with E-state index < -0.39 is 28.6 Å². The molecule has 0 bridgehead atoms. The highest BCUT2D eigenvalue weighted by Crippen LogP contribution is 2.21. The van der Waals surface area contributed by atoms with Crippen LogP contribution in [0, 0.1) is 0 Å². The van der Waals surface area contributed by atoms with E-state index in [1.807, 2.05) is 0 Å². The minimum Gasteiger partial charge on any atom is -0.481 e. The first-order chi connectivity index (χ1) is 7.86. The fourth-order valence-corrected chi connectivity index (χ4v) is 1.33. The van der Waals surface area contributed by atoms with Crippen LogP contribution in [0.25, 0.3) is 0 Å². The van der Waals surface area contributed by atoms with Gasteiger partial charge in [0, 0.05) is 6.42 Å². The number of hydrogen-bond donors (Lipinski definition) is 2. The van der Waals surface area contributed by atoms with Gasteiger partial charge >= 0.3 is 23.8 Å². The van der Waals surface area contributed by atoms with Gasteiger partial charge in [0.05, 0.1) is 19.3 Å². The van der Waals surface area contributed by atoms with E-state index in [1.54, 1.807) is 0 Å². The number of imide groups is 1. The third kappa shape index (κ3) is 3.08. The van der Waals surface area contributed by atoms with Crippen molar-refractivity contribution in [3.8, 4) is 0 Å². The van der Waals surface area contributed by atoms with Crippen molar-refractivity contribution in [2.24, 2.45) is 0 Å². The number of amides is 2. The Balaban J connectivity index is 2.47. The van der Waals surface area contributed by atoms with Crippen molar-refractivity contribution in [2.45, 2.75) is 32.1 Å². The summed E-state index contributed by atoms with van der Waals surface area (Å²) in [7, 11) is 0. The van der Waals surface area contributed by atoms with Crippen LogP contribution in [0.1, 0.15) is 32.1 Å². The van der Waals surface area contributed by atoms with E-state index in [9.17, 15) is 24.4 Å². The van der Waals surface area contributed by atoms with Gasteiger partial charge in [-0.25, -0.2) is 19.2 Å². The van der Waals surface area contributed by atoms with E-state index in [4.69, 9.17) is 5.11 Å². The summed E-state index contributed by atoms with van der Waals surface area (Å²) in [6, 6.07) is 0. The summed E-state index contributed by atoms with van der Waals surface area (Å²) in [5.41, 5.74) is 0. The summed E-state index contributed by atoms with van der Waals surface area (Å²) in [6.07, 6.45) is -0.873. The number of carbonyl (C=O) groups excluding carboxylic acids is 3. The quantitative estimate of drug-likeness (QED) is 0.390. The van der Waals surface area contributed by atoms with E-state index in [0.29, 0.717) is 0 Å². The number of carbonyl (C=O) groups is 4. The van der Waals surface area contributed by atoms with Crippen LogP contribution in [-0.2, 0) is 24.0 Å². The fourth-order valence-electron chi connectivity index (χ4n) is 1.33. The van der Waals surface area contributed by atoms with Crippen LogP contribution in [0.3, 0.4) is 0 Å². The molecular weight excluding hydrogens is 234 g/mol. The molecule has 17 heavy (non-hydrogen) atoms. The highest BCUT2D eigenvalue weighted by atomic mass is 17.0. The number of quaternary nitrogens is 1. The van der Waals surface area contributed by atoms with Crippen molar-refractivity contribution in [3.05, 3.63) is 0 Å². The number of nitrogens with zero attached hydrogens (tertiary/aromatic N) is 1. The molecule has 2 amide bonds. The Hall–Kier alpha value is -1.80. The monoisotopic (exact) mass is 246 g/mol. The predicted molar refractivity (Wildman–Crippen MR) is 48.9 cm³/mol. The van der Waals surface area contributed by atoms with Crippen LogP contribution in [0.2, 0.25) is 0 Å². The Labute approximate surface area is 95.9 Å². The molecule has 0 spiro atoms. The maximum absolute atomic E-state index is 11.2. The third-order valence-electron chi connectivity index (χ3n) is 2.23. The number of hydroxylamine groups is 4. The van der Waals surface area contributed by atoms with Gasteiger partial charge in [-0.15, -0.1) is 0 Å². The number of carboxylic acids is 1. The average Bonchev–Trinajstić information content (AvgIpc) is 2.45. The second kappa shape index (κ2) is 5.02. The third-order valence-corrected chi connectivity index (χ3v) is 2.23. The molecule has 1 aliphatic heterocycles. The number of aliphatic carboxylic acids is 1. The minimum atomic E-state index is -1.95. The number of hydrogen-bond acceptors (Lipinski definition) is 6. The first-order valence-electron chi connectivity index (χ1n) is 4.99. The van der Waals surface area contributed by atoms with E-state index in [0.717, 1.165) is 0 Å². The summed E-state index contributed by atoms with van der Waals surface area (Å²) in [4.78, 5) is 46.1. The zero-order valence-corrected chi connectivity index (χ0v) is 8.92. The summed E-state index contributed by atoms with van der Waals surface area (Å²) in [5, 5.41) is 17.8. The van der Waals surface area contributed by atoms with E-state index in [1.165, 1.54) is 0 Å². The molecule has 1 fully saturated rings. The molecule has 0 saturated carbocycles. The van der Waals surface area contributed by atoms with Gasteiger partial charge in [0.2, 0.25) is 0 Å². The highest BCUT2D eigenvalue weighted by Gasteiger charge is 2.55. The highest BCUT2D eigenvalue weighted by molar-refractivity contribution is 5.91. The fraction of sp³-hybridized carbons (Fsp3) is 0.556. The van der Waals surface area contributed by atoms with Gasteiger partial charge in [-0.3, -0.25) is 4.79 Å². The van der Waals surface area contributed by atoms with Gasteiger partial charge < -0.3 is 5.11 Å². The lowest BCUT2D eigenvalue weighted by Gasteiger charge is -2.15.